The Kier molecular flexibility index (Phi) is 12.8. The summed E-state index contributed by atoms with van der Waals surface area (Å²) in [6.07, 6.45) is 0.816. The van der Waals surface area contributed by atoms with E-state index < -0.39 is 46.3 Å². The van der Waals surface area contributed by atoms with Gasteiger partial charge in [-0.15, -0.1) is 6.58 Å². The highest BCUT2D eigenvalue weighted by molar-refractivity contribution is 6.99. The normalized spacial score (nSPS) is 19.5. The highest BCUT2D eigenvalue weighted by Crippen LogP contribution is 2.49. The van der Waals surface area contributed by atoms with Crippen molar-refractivity contribution in [1.29, 1.82) is 0 Å². The number of ether oxygens (including phenoxy) is 2. The Bertz CT molecular complexity index is 2650. The van der Waals surface area contributed by atoms with E-state index in [4.69, 9.17) is 33.3 Å². The lowest BCUT2D eigenvalue weighted by Crippen LogP contribution is -2.68. The molecule has 0 saturated carbocycles. The molecule has 9 nitrogen and oxygen atoms in total. The predicted molar refractivity (Wildman–Crippen MR) is 268 cm³/mol. The minimum absolute atomic E-state index is 0.00700. The molecule has 1 aliphatic heterocycles. The van der Waals surface area contributed by atoms with E-state index in [0.717, 1.165) is 32.8 Å². The first kappa shape index (κ1) is 46.8. The van der Waals surface area contributed by atoms with Crippen LogP contribution in [0.25, 0.3) is 11.2 Å². The average molecular weight is 920 g/mol. The van der Waals surface area contributed by atoms with Crippen molar-refractivity contribution in [1.82, 2.24) is 19.5 Å². The third kappa shape index (κ3) is 8.23. The minimum atomic E-state index is -3.13. The van der Waals surface area contributed by atoms with Gasteiger partial charge in [-0.2, -0.15) is 0 Å². The SMILES string of the molecule is C=C[C@]1(CO[Si](c2ccccc2)(c2ccccc2)C(C)(C)C)O[C@@H](n2cnc3c(NC(c4ccccc4)(c4ccccc4)c4ccc(OC)cc4)ncnc32)[C@H](F)[C@@H]1O[Si](C)(C)C(C)(C)C. The number of methoxy groups -OCH3 is 1. The standard InChI is InChI=1S/C54H62FN5O4Si2/c1-11-53(36-62-66(52(5,6)7,43-28-20-14-21-29-43)44-30-22-15-23-31-44)47(64-65(9,10)51(2,3)4)45(55)50(63-53)60-38-58-46-48(56-37-57-49(46)60)59-54(39-24-16-12-17-25-39,40-26-18-13-19-27-40)41-32-34-42(61-8)35-33-41/h11-35,37-38,45,47,50H,1,36H2,2-10H3,(H,56,57,59)/t45-,47+,50-,53-/m1/s1. The molecule has 0 unspecified atom stereocenters. The van der Waals surface area contributed by atoms with Gasteiger partial charge < -0.3 is 23.6 Å². The van der Waals surface area contributed by atoms with Gasteiger partial charge in [-0.25, -0.2) is 19.3 Å². The summed E-state index contributed by atoms with van der Waals surface area (Å²) in [7, 11) is -4.12. The number of benzene rings is 5. The molecule has 0 spiro atoms. The molecular formula is C54H62FN5O4Si2. The summed E-state index contributed by atoms with van der Waals surface area (Å²) in [4.78, 5) is 14.5. The molecule has 4 atom stereocenters. The van der Waals surface area contributed by atoms with Crippen LogP contribution in [-0.4, -0.2) is 67.7 Å². The Morgan fingerprint density at radius 3 is 1.73 bits per heavy atom. The zero-order chi connectivity index (χ0) is 47.0. The first-order valence-corrected chi connectivity index (χ1v) is 27.4. The van der Waals surface area contributed by atoms with Gasteiger partial charge in [0.15, 0.2) is 37.7 Å². The number of hydrogen-bond acceptors (Lipinski definition) is 8. The maximum absolute atomic E-state index is 18.1. The number of nitrogens with one attached hydrogen (secondary N) is 1. The molecule has 3 heterocycles. The zero-order valence-corrected chi connectivity index (χ0v) is 41.5. The Balaban J connectivity index is 1.25. The predicted octanol–water partition coefficient (Wildman–Crippen LogP) is 11.0. The van der Waals surface area contributed by atoms with Crippen molar-refractivity contribution in [2.24, 2.45) is 0 Å². The molecule has 66 heavy (non-hydrogen) atoms. The number of aromatic nitrogens is 4. The summed E-state index contributed by atoms with van der Waals surface area (Å²) < 4.78 is 47.2. The molecule has 342 valence electrons. The van der Waals surface area contributed by atoms with E-state index in [9.17, 15) is 0 Å². The van der Waals surface area contributed by atoms with E-state index in [1.165, 1.54) is 6.33 Å². The number of fused-ring (bicyclic) bond motifs is 1. The monoisotopic (exact) mass is 919 g/mol. The Morgan fingerprint density at radius 2 is 1.24 bits per heavy atom. The van der Waals surface area contributed by atoms with Gasteiger partial charge in [-0.05, 0) is 62.4 Å². The summed E-state index contributed by atoms with van der Waals surface area (Å²) in [5.41, 5.74) is 1.35. The number of anilines is 1. The van der Waals surface area contributed by atoms with Gasteiger partial charge in [-0.1, -0.05) is 181 Å². The van der Waals surface area contributed by atoms with E-state index in [-0.39, 0.29) is 16.7 Å². The van der Waals surface area contributed by atoms with Gasteiger partial charge in [-0.3, -0.25) is 4.57 Å². The lowest BCUT2D eigenvalue weighted by molar-refractivity contribution is -0.0905. The first-order valence-electron chi connectivity index (χ1n) is 22.6. The largest absolute Gasteiger partial charge is 0.497 e. The average Bonchev–Trinajstić information content (AvgIpc) is 3.87. The Morgan fingerprint density at radius 1 is 0.727 bits per heavy atom. The quantitative estimate of drug-likeness (QED) is 0.0618. The van der Waals surface area contributed by atoms with Crippen LogP contribution in [-0.2, 0) is 19.1 Å². The molecule has 5 aromatic carbocycles. The second kappa shape index (κ2) is 18.1. The second-order valence-corrected chi connectivity index (χ2v) is 28.8. The summed E-state index contributed by atoms with van der Waals surface area (Å²) >= 11 is 0. The highest BCUT2D eigenvalue weighted by Gasteiger charge is 2.61. The maximum atomic E-state index is 18.1. The van der Waals surface area contributed by atoms with Gasteiger partial charge in [0.1, 0.15) is 29.3 Å². The summed E-state index contributed by atoms with van der Waals surface area (Å²) in [5, 5.41) is 5.47. The summed E-state index contributed by atoms with van der Waals surface area (Å²) in [6.45, 7) is 21.7. The zero-order valence-electron chi connectivity index (χ0n) is 39.5. The molecule has 1 aliphatic rings. The molecule has 1 fully saturated rings. The van der Waals surface area contributed by atoms with Crippen LogP contribution in [0.5, 0.6) is 5.75 Å². The summed E-state index contributed by atoms with van der Waals surface area (Å²) in [6, 6.07) is 49.3. The third-order valence-electron chi connectivity index (χ3n) is 13.8. The molecule has 7 aromatic rings. The van der Waals surface area contributed by atoms with Gasteiger partial charge in [0.2, 0.25) is 0 Å². The molecule has 1 saturated heterocycles. The van der Waals surface area contributed by atoms with E-state index in [1.807, 2.05) is 60.7 Å². The number of imidazole rings is 1. The molecular weight excluding hydrogens is 858 g/mol. The molecule has 1 N–H and O–H groups in total. The third-order valence-corrected chi connectivity index (χ3v) is 23.2. The van der Waals surface area contributed by atoms with Gasteiger partial charge >= 0.3 is 0 Å². The molecule has 0 bridgehead atoms. The molecule has 2 aromatic heterocycles. The highest BCUT2D eigenvalue weighted by atomic mass is 28.4. The van der Waals surface area contributed by atoms with Gasteiger partial charge in [0.25, 0.3) is 8.32 Å². The lowest BCUT2D eigenvalue weighted by atomic mass is 9.77. The molecule has 0 aliphatic carbocycles. The van der Waals surface area contributed by atoms with Crippen LogP contribution in [0.3, 0.4) is 0 Å². The molecule has 12 heteroatoms. The van der Waals surface area contributed by atoms with E-state index in [0.29, 0.717) is 17.0 Å². The first-order chi connectivity index (χ1) is 31.5. The van der Waals surface area contributed by atoms with Crippen LogP contribution >= 0.6 is 0 Å². The topological polar surface area (TPSA) is 92.6 Å². The van der Waals surface area contributed by atoms with Crippen molar-refractivity contribution in [3.05, 3.63) is 188 Å². The summed E-state index contributed by atoms with van der Waals surface area (Å²) in [5.74, 6) is 1.19. The molecule has 0 amide bonds. The van der Waals surface area contributed by atoms with Crippen LogP contribution in [0.15, 0.2) is 171 Å². The van der Waals surface area contributed by atoms with E-state index in [1.54, 1.807) is 24.1 Å². The fraction of sp³-hybridized carbons (Fsp3) is 0.315. The van der Waals surface area contributed by atoms with Crippen molar-refractivity contribution >= 4 is 44.0 Å². The second-order valence-electron chi connectivity index (χ2n) is 19.7. The van der Waals surface area contributed by atoms with Gasteiger partial charge in [0.05, 0.1) is 20.0 Å². The van der Waals surface area contributed by atoms with Crippen molar-refractivity contribution in [2.75, 3.05) is 19.0 Å². The van der Waals surface area contributed by atoms with Crippen molar-refractivity contribution < 1.29 is 22.7 Å². The Hall–Kier alpha value is -5.77. The lowest BCUT2D eigenvalue weighted by Gasteiger charge is -2.46. The van der Waals surface area contributed by atoms with Crippen LogP contribution in [0.1, 0.15) is 64.5 Å². The van der Waals surface area contributed by atoms with Crippen LogP contribution < -0.4 is 20.4 Å². The fourth-order valence-electron chi connectivity index (χ4n) is 9.21. The number of hydrogen-bond donors (Lipinski definition) is 1. The van der Waals surface area contributed by atoms with E-state index in [2.05, 4.69) is 151 Å². The van der Waals surface area contributed by atoms with Crippen molar-refractivity contribution in [3.63, 3.8) is 0 Å². The number of nitrogens with zero attached hydrogens (tertiary/aromatic N) is 4. The minimum Gasteiger partial charge on any atom is -0.497 e. The van der Waals surface area contributed by atoms with Crippen molar-refractivity contribution in [2.45, 2.75) is 94.4 Å². The Labute approximate surface area is 391 Å². The number of rotatable bonds is 15. The molecule has 8 rings (SSSR count). The number of halogens is 1. The van der Waals surface area contributed by atoms with E-state index >= 15 is 4.39 Å². The fourth-order valence-corrected chi connectivity index (χ4v) is 15.1. The van der Waals surface area contributed by atoms with Crippen molar-refractivity contribution in [3.8, 4) is 5.75 Å². The van der Waals surface area contributed by atoms with Gasteiger partial charge in [0, 0.05) is 0 Å². The molecule has 0 radical (unpaired) electrons. The van der Waals surface area contributed by atoms with Crippen LogP contribution in [0.4, 0.5) is 10.2 Å². The smallest absolute Gasteiger partial charge is 0.261 e. The van der Waals surface area contributed by atoms with Crippen LogP contribution in [0, 0.1) is 0 Å². The van der Waals surface area contributed by atoms with Crippen LogP contribution in [0.2, 0.25) is 23.2 Å². The maximum Gasteiger partial charge on any atom is 0.261 e. The number of alkyl halides is 1.